The molecule has 1 aromatic heterocycles. The Kier molecular flexibility index (Phi) is 3.99. The molecule has 7 nitrogen and oxygen atoms in total. The van der Waals surface area contributed by atoms with Crippen molar-refractivity contribution in [2.75, 3.05) is 31.2 Å². The highest BCUT2D eigenvalue weighted by Crippen LogP contribution is 2.25. The van der Waals surface area contributed by atoms with Gasteiger partial charge in [0.05, 0.1) is 13.2 Å². The van der Waals surface area contributed by atoms with Crippen LogP contribution in [0, 0.1) is 0 Å². The van der Waals surface area contributed by atoms with Gasteiger partial charge in [0.25, 0.3) is 11.8 Å². The molecular formula is C18H16N4O3. The number of aromatic nitrogens is 2. The molecule has 1 N–H and O–H groups in total. The number of fused-ring (bicyclic) bond motifs is 1. The first-order chi connectivity index (χ1) is 12.2. The lowest BCUT2D eigenvalue weighted by Gasteiger charge is -2.26. The van der Waals surface area contributed by atoms with Gasteiger partial charge in [-0.3, -0.25) is 14.9 Å². The lowest BCUT2D eigenvalue weighted by atomic mass is 9.94. The van der Waals surface area contributed by atoms with E-state index >= 15 is 0 Å². The van der Waals surface area contributed by atoms with Gasteiger partial charge in [-0.2, -0.15) is 0 Å². The van der Waals surface area contributed by atoms with Crippen LogP contribution in [-0.2, 0) is 9.53 Å². The number of hydrogen-bond donors (Lipinski definition) is 1. The molecule has 0 aliphatic carbocycles. The largest absolute Gasteiger partial charge is 0.378 e. The van der Waals surface area contributed by atoms with Crippen LogP contribution in [0.25, 0.3) is 11.6 Å². The number of hydrogen-bond acceptors (Lipinski definition) is 6. The normalized spacial score (nSPS) is 18.9. The lowest BCUT2D eigenvalue weighted by Crippen LogP contribution is -2.37. The van der Waals surface area contributed by atoms with Crippen molar-refractivity contribution in [2.45, 2.75) is 0 Å². The average molecular weight is 336 g/mol. The molecule has 0 radical (unpaired) electrons. The Morgan fingerprint density at radius 2 is 1.68 bits per heavy atom. The fraction of sp³-hybridized carbons (Fsp3) is 0.222. The van der Waals surface area contributed by atoms with Crippen molar-refractivity contribution in [1.82, 2.24) is 15.3 Å². The maximum Gasteiger partial charge on any atom is 0.258 e. The molecule has 2 amide bonds. The fourth-order valence-electron chi connectivity index (χ4n) is 2.92. The minimum absolute atomic E-state index is 0.378. The zero-order valence-electron chi connectivity index (χ0n) is 13.4. The predicted octanol–water partition coefficient (Wildman–Crippen LogP) is 1.12. The Balaban J connectivity index is 1.65. The highest BCUT2D eigenvalue weighted by molar-refractivity contribution is 6.33. The van der Waals surface area contributed by atoms with Crippen molar-refractivity contribution in [3.05, 3.63) is 53.3 Å². The summed E-state index contributed by atoms with van der Waals surface area (Å²) in [6.07, 6.45) is 5.05. The Morgan fingerprint density at radius 1 is 1.00 bits per heavy atom. The van der Waals surface area contributed by atoms with Crippen LogP contribution < -0.4 is 10.2 Å². The number of rotatable bonds is 2. The van der Waals surface area contributed by atoms with E-state index in [4.69, 9.17) is 4.74 Å². The molecule has 2 aliphatic heterocycles. The number of carbonyl (C=O) groups excluding carboxylic acids is 2. The second kappa shape index (κ2) is 6.45. The molecule has 1 aromatic carbocycles. The Bertz CT molecular complexity index is 855. The summed E-state index contributed by atoms with van der Waals surface area (Å²) in [7, 11) is 0. The van der Waals surface area contributed by atoms with Crippen molar-refractivity contribution in [2.24, 2.45) is 0 Å². The van der Waals surface area contributed by atoms with Gasteiger partial charge in [-0.15, -0.1) is 0 Å². The maximum absolute atomic E-state index is 12.2. The van der Waals surface area contributed by atoms with Crippen molar-refractivity contribution in [3.8, 4) is 0 Å². The third kappa shape index (κ3) is 3.01. The number of anilines is 1. The summed E-state index contributed by atoms with van der Waals surface area (Å²) in [5, 5.41) is 2.36. The second-order valence-electron chi connectivity index (χ2n) is 5.80. The van der Waals surface area contributed by atoms with Crippen molar-refractivity contribution in [1.29, 1.82) is 0 Å². The number of ether oxygens (including phenoxy) is 1. The quantitative estimate of drug-likeness (QED) is 0.654. The molecule has 0 atom stereocenters. The van der Waals surface area contributed by atoms with E-state index in [1.165, 1.54) is 0 Å². The van der Waals surface area contributed by atoms with Crippen LogP contribution in [0.3, 0.4) is 0 Å². The SMILES string of the molecule is O=C1NC(=O)c2ccccc2C1=Cc1cnc(N2CCOCC2)nc1. The second-order valence-corrected chi connectivity index (χ2v) is 5.80. The lowest BCUT2D eigenvalue weighted by molar-refractivity contribution is -0.114. The smallest absolute Gasteiger partial charge is 0.258 e. The summed E-state index contributed by atoms with van der Waals surface area (Å²) in [5.41, 5.74) is 2.23. The van der Waals surface area contributed by atoms with E-state index in [1.54, 1.807) is 42.7 Å². The van der Waals surface area contributed by atoms with E-state index in [1.807, 2.05) is 0 Å². The van der Waals surface area contributed by atoms with Gasteiger partial charge in [0.2, 0.25) is 5.95 Å². The minimum Gasteiger partial charge on any atom is -0.378 e. The van der Waals surface area contributed by atoms with Crippen molar-refractivity contribution in [3.63, 3.8) is 0 Å². The van der Waals surface area contributed by atoms with Gasteiger partial charge in [-0.05, 0) is 17.7 Å². The zero-order chi connectivity index (χ0) is 17.2. The zero-order valence-corrected chi connectivity index (χ0v) is 13.4. The molecule has 0 bridgehead atoms. The first kappa shape index (κ1) is 15.5. The minimum atomic E-state index is -0.416. The first-order valence-corrected chi connectivity index (χ1v) is 8.04. The van der Waals surface area contributed by atoms with Crippen LogP contribution >= 0.6 is 0 Å². The first-order valence-electron chi connectivity index (χ1n) is 8.04. The summed E-state index contributed by atoms with van der Waals surface area (Å²) in [5.74, 6) is -0.147. The number of carbonyl (C=O) groups is 2. The van der Waals surface area contributed by atoms with Gasteiger partial charge in [-0.1, -0.05) is 18.2 Å². The standard InChI is InChI=1S/C18H16N4O3/c23-16-14-4-2-1-3-13(14)15(17(24)21-16)9-12-10-19-18(20-11-12)22-5-7-25-8-6-22/h1-4,9-11H,5-8H2,(H,21,23,24). The van der Waals surface area contributed by atoms with Gasteiger partial charge >= 0.3 is 0 Å². The summed E-state index contributed by atoms with van der Waals surface area (Å²) >= 11 is 0. The van der Waals surface area contributed by atoms with Crippen LogP contribution in [0.1, 0.15) is 21.5 Å². The molecule has 126 valence electrons. The molecule has 3 heterocycles. The van der Waals surface area contributed by atoms with Crippen LogP contribution in [0.4, 0.5) is 5.95 Å². The van der Waals surface area contributed by atoms with Crippen LogP contribution in [-0.4, -0.2) is 48.1 Å². The molecule has 4 rings (SSSR count). The van der Waals surface area contributed by atoms with E-state index in [9.17, 15) is 9.59 Å². The van der Waals surface area contributed by atoms with E-state index < -0.39 is 5.91 Å². The van der Waals surface area contributed by atoms with Crippen LogP contribution in [0.15, 0.2) is 36.7 Å². The third-order valence-electron chi connectivity index (χ3n) is 4.20. The number of morpholine rings is 1. The van der Waals surface area contributed by atoms with Crippen molar-refractivity contribution >= 4 is 29.4 Å². The molecule has 25 heavy (non-hydrogen) atoms. The number of amides is 2. The number of nitrogens with zero attached hydrogens (tertiary/aromatic N) is 3. The van der Waals surface area contributed by atoms with Crippen LogP contribution in [0.2, 0.25) is 0 Å². The number of nitrogens with one attached hydrogen (secondary N) is 1. The van der Waals surface area contributed by atoms with Crippen LogP contribution in [0.5, 0.6) is 0 Å². The van der Waals surface area contributed by atoms with Gasteiger partial charge < -0.3 is 9.64 Å². The Morgan fingerprint density at radius 3 is 2.40 bits per heavy atom. The van der Waals surface area contributed by atoms with Crippen molar-refractivity contribution < 1.29 is 14.3 Å². The molecule has 0 saturated carbocycles. The monoisotopic (exact) mass is 336 g/mol. The number of benzene rings is 1. The molecular weight excluding hydrogens is 320 g/mol. The summed E-state index contributed by atoms with van der Waals surface area (Å²) in [6.45, 7) is 2.86. The summed E-state index contributed by atoms with van der Waals surface area (Å²) in [6, 6.07) is 7.03. The summed E-state index contributed by atoms with van der Waals surface area (Å²) < 4.78 is 5.32. The highest BCUT2D eigenvalue weighted by Gasteiger charge is 2.26. The Hall–Kier alpha value is -3.06. The fourth-order valence-corrected chi connectivity index (χ4v) is 2.92. The van der Waals surface area contributed by atoms with Gasteiger partial charge in [0, 0.05) is 42.2 Å². The number of imide groups is 1. The maximum atomic E-state index is 12.2. The van der Waals surface area contributed by atoms with Gasteiger partial charge in [0.15, 0.2) is 0 Å². The van der Waals surface area contributed by atoms with E-state index in [0.717, 1.165) is 13.1 Å². The third-order valence-corrected chi connectivity index (χ3v) is 4.20. The predicted molar refractivity (Wildman–Crippen MR) is 91.9 cm³/mol. The molecule has 7 heteroatoms. The molecule has 2 aromatic rings. The molecule has 0 spiro atoms. The van der Waals surface area contributed by atoms with Gasteiger partial charge in [-0.25, -0.2) is 9.97 Å². The van der Waals surface area contributed by atoms with E-state index in [0.29, 0.717) is 41.4 Å². The summed E-state index contributed by atoms with van der Waals surface area (Å²) in [4.78, 5) is 35.0. The topological polar surface area (TPSA) is 84.4 Å². The molecule has 1 fully saturated rings. The average Bonchev–Trinajstić information content (AvgIpc) is 2.66. The highest BCUT2D eigenvalue weighted by atomic mass is 16.5. The molecule has 2 aliphatic rings. The van der Waals surface area contributed by atoms with E-state index in [2.05, 4.69) is 20.2 Å². The Labute approximate surface area is 144 Å². The van der Waals surface area contributed by atoms with E-state index in [-0.39, 0.29) is 5.91 Å². The van der Waals surface area contributed by atoms with Gasteiger partial charge in [0.1, 0.15) is 0 Å². The molecule has 0 unspecified atom stereocenters. The molecule has 1 saturated heterocycles.